The van der Waals surface area contributed by atoms with Crippen molar-refractivity contribution in [3.63, 3.8) is 0 Å². The number of rotatable bonds is 10. The van der Waals surface area contributed by atoms with Crippen molar-refractivity contribution in [1.29, 1.82) is 0 Å². The quantitative estimate of drug-likeness (QED) is 0.144. The van der Waals surface area contributed by atoms with E-state index >= 15 is 0 Å². The van der Waals surface area contributed by atoms with E-state index in [-0.39, 0.29) is 11.5 Å². The minimum atomic E-state index is -0.267. The van der Waals surface area contributed by atoms with Crippen LogP contribution in [0.25, 0.3) is 22.3 Å². The highest BCUT2D eigenvalue weighted by Gasteiger charge is 2.19. The molecule has 0 aliphatic heterocycles. The maximum atomic E-state index is 13.9. The molecule has 5 aromatic rings. The van der Waals surface area contributed by atoms with E-state index in [1.54, 1.807) is 19.4 Å². The molecule has 1 aromatic heterocycles. The highest BCUT2D eigenvalue weighted by Crippen LogP contribution is 2.35. The Morgan fingerprint density at radius 3 is 2.47 bits per heavy atom. The Morgan fingerprint density at radius 2 is 1.74 bits per heavy atom. The number of halogens is 1. The van der Waals surface area contributed by atoms with Crippen LogP contribution in [0.2, 0.25) is 0 Å². The molecule has 0 bridgehead atoms. The van der Waals surface area contributed by atoms with Crippen LogP contribution in [0.3, 0.4) is 0 Å². The maximum Gasteiger partial charge on any atom is 0.282 e. The number of methoxy groups -OCH3 is 1. The van der Waals surface area contributed by atoms with Crippen molar-refractivity contribution in [2.24, 2.45) is 5.10 Å². The minimum Gasteiger partial charge on any atom is -0.494 e. The fourth-order valence-corrected chi connectivity index (χ4v) is 5.15. The summed E-state index contributed by atoms with van der Waals surface area (Å²) in [5, 5.41) is 5.20. The summed E-state index contributed by atoms with van der Waals surface area (Å²) in [5.74, 6) is 2.57. The molecule has 0 aliphatic carbocycles. The Labute approximate surface area is 259 Å². The molecule has 0 unspecified atom stereocenters. The molecule has 0 saturated carbocycles. The van der Waals surface area contributed by atoms with Crippen molar-refractivity contribution in [3.05, 3.63) is 116 Å². The highest BCUT2D eigenvalue weighted by molar-refractivity contribution is 9.10. The SMILES string of the molecule is CCOc1cc(C)c(-c2nc3ccccc3c(=O)n2N=Cc2cccc(OC)c2OCc2ccc(Br)cc2)cc1C(C)C. The second kappa shape index (κ2) is 13.3. The predicted octanol–water partition coefficient (Wildman–Crippen LogP) is 8.13. The molecule has 220 valence electrons. The zero-order chi connectivity index (χ0) is 30.5. The van der Waals surface area contributed by atoms with E-state index in [0.29, 0.717) is 47.0 Å². The van der Waals surface area contributed by atoms with Gasteiger partial charge in [-0.15, -0.1) is 0 Å². The number of aryl methyl sites for hydroxylation is 1. The predicted molar refractivity (Wildman–Crippen MR) is 176 cm³/mol. The number of benzene rings is 4. The maximum absolute atomic E-state index is 13.9. The van der Waals surface area contributed by atoms with Crippen LogP contribution in [0.5, 0.6) is 17.2 Å². The number of hydrogen-bond donors (Lipinski definition) is 0. The highest BCUT2D eigenvalue weighted by atomic mass is 79.9. The fraction of sp³-hybridized carbons (Fsp3) is 0.229. The van der Waals surface area contributed by atoms with Gasteiger partial charge in [0.2, 0.25) is 0 Å². The number of para-hydroxylation sites is 2. The van der Waals surface area contributed by atoms with Crippen molar-refractivity contribution < 1.29 is 14.2 Å². The van der Waals surface area contributed by atoms with Gasteiger partial charge in [-0.25, -0.2) is 4.98 Å². The van der Waals surface area contributed by atoms with E-state index in [4.69, 9.17) is 24.3 Å². The molecule has 4 aromatic carbocycles. The third-order valence-electron chi connectivity index (χ3n) is 7.11. The van der Waals surface area contributed by atoms with Gasteiger partial charge in [0.1, 0.15) is 12.4 Å². The van der Waals surface area contributed by atoms with Crippen LogP contribution in [0.15, 0.2) is 93.2 Å². The molecule has 1 heterocycles. The zero-order valence-electron chi connectivity index (χ0n) is 24.9. The number of nitrogens with zero attached hydrogens (tertiary/aromatic N) is 3. The van der Waals surface area contributed by atoms with Gasteiger partial charge >= 0.3 is 0 Å². The van der Waals surface area contributed by atoms with Gasteiger partial charge in [0.25, 0.3) is 5.56 Å². The normalized spacial score (nSPS) is 11.4. The molecular formula is C35H34BrN3O4. The van der Waals surface area contributed by atoms with Gasteiger partial charge in [-0.05, 0) is 85.0 Å². The number of hydrogen-bond acceptors (Lipinski definition) is 6. The Balaban J connectivity index is 1.64. The van der Waals surface area contributed by atoms with E-state index in [1.165, 1.54) is 4.68 Å². The molecule has 0 aliphatic rings. The molecular weight excluding hydrogens is 606 g/mol. The summed E-state index contributed by atoms with van der Waals surface area (Å²) in [6, 6.07) is 24.9. The Bertz CT molecular complexity index is 1850. The number of ether oxygens (including phenoxy) is 3. The third-order valence-corrected chi connectivity index (χ3v) is 7.64. The monoisotopic (exact) mass is 639 g/mol. The Kier molecular flexibility index (Phi) is 9.26. The minimum absolute atomic E-state index is 0.201. The molecule has 0 spiro atoms. The summed E-state index contributed by atoms with van der Waals surface area (Å²) in [7, 11) is 1.60. The average molecular weight is 641 g/mol. The van der Waals surface area contributed by atoms with Crippen LogP contribution in [-0.4, -0.2) is 29.6 Å². The molecule has 8 heteroatoms. The standard InChI is InChI=1S/C35H34BrN3O4/c1-6-42-32-18-23(4)29(19-28(32)22(2)3)34-38-30-12-8-7-11-27(30)35(40)39(34)37-20-25-10-9-13-31(41-5)33(25)43-21-24-14-16-26(36)17-15-24/h7-20,22H,6,21H2,1-5H3. The Hall–Kier alpha value is -4.43. The lowest BCUT2D eigenvalue weighted by atomic mass is 9.96. The van der Waals surface area contributed by atoms with Gasteiger partial charge < -0.3 is 14.2 Å². The first kappa shape index (κ1) is 30.0. The molecule has 0 amide bonds. The van der Waals surface area contributed by atoms with E-state index in [9.17, 15) is 4.79 Å². The van der Waals surface area contributed by atoms with Crippen molar-refractivity contribution in [3.8, 4) is 28.6 Å². The lowest BCUT2D eigenvalue weighted by Crippen LogP contribution is -2.21. The first-order chi connectivity index (χ1) is 20.8. The molecule has 5 rings (SSSR count). The van der Waals surface area contributed by atoms with Crippen LogP contribution in [0.1, 0.15) is 48.9 Å². The topological polar surface area (TPSA) is 74.9 Å². The van der Waals surface area contributed by atoms with Crippen molar-refractivity contribution in [2.75, 3.05) is 13.7 Å². The first-order valence-corrected chi connectivity index (χ1v) is 15.0. The van der Waals surface area contributed by atoms with Crippen LogP contribution in [0, 0.1) is 6.92 Å². The number of fused-ring (bicyclic) bond motifs is 1. The molecule has 43 heavy (non-hydrogen) atoms. The van der Waals surface area contributed by atoms with E-state index in [2.05, 4.69) is 35.8 Å². The lowest BCUT2D eigenvalue weighted by Gasteiger charge is -2.18. The van der Waals surface area contributed by atoms with Gasteiger partial charge in [0.15, 0.2) is 17.3 Å². The van der Waals surface area contributed by atoms with E-state index in [0.717, 1.165) is 32.5 Å². The molecule has 0 radical (unpaired) electrons. The van der Waals surface area contributed by atoms with Gasteiger partial charge in [0, 0.05) is 15.6 Å². The van der Waals surface area contributed by atoms with Gasteiger partial charge in [-0.2, -0.15) is 9.78 Å². The summed E-state index contributed by atoms with van der Waals surface area (Å²) in [5.41, 5.74) is 4.78. The van der Waals surface area contributed by atoms with Crippen molar-refractivity contribution in [1.82, 2.24) is 9.66 Å². The zero-order valence-corrected chi connectivity index (χ0v) is 26.5. The van der Waals surface area contributed by atoms with Gasteiger partial charge in [-0.3, -0.25) is 4.79 Å². The smallest absolute Gasteiger partial charge is 0.282 e. The Morgan fingerprint density at radius 1 is 0.977 bits per heavy atom. The molecule has 7 nitrogen and oxygen atoms in total. The third kappa shape index (κ3) is 6.49. The van der Waals surface area contributed by atoms with Gasteiger partial charge in [-0.1, -0.05) is 60.1 Å². The van der Waals surface area contributed by atoms with E-state index < -0.39 is 0 Å². The van der Waals surface area contributed by atoms with Crippen LogP contribution in [-0.2, 0) is 6.61 Å². The number of aromatic nitrogens is 2. The molecule has 0 atom stereocenters. The second-order valence-electron chi connectivity index (χ2n) is 10.4. The summed E-state index contributed by atoms with van der Waals surface area (Å²) in [6.45, 7) is 9.10. The van der Waals surface area contributed by atoms with Crippen LogP contribution < -0.4 is 19.8 Å². The largest absolute Gasteiger partial charge is 0.494 e. The molecule has 0 N–H and O–H groups in total. The lowest BCUT2D eigenvalue weighted by molar-refractivity contribution is 0.284. The summed E-state index contributed by atoms with van der Waals surface area (Å²) >= 11 is 3.47. The summed E-state index contributed by atoms with van der Waals surface area (Å²) in [4.78, 5) is 18.9. The fourth-order valence-electron chi connectivity index (χ4n) is 4.88. The molecule has 0 saturated heterocycles. The first-order valence-electron chi connectivity index (χ1n) is 14.2. The van der Waals surface area contributed by atoms with Gasteiger partial charge in [0.05, 0.1) is 30.8 Å². The van der Waals surface area contributed by atoms with Crippen LogP contribution in [0.4, 0.5) is 0 Å². The summed E-state index contributed by atoms with van der Waals surface area (Å²) < 4.78 is 20.2. The summed E-state index contributed by atoms with van der Waals surface area (Å²) in [6.07, 6.45) is 1.62. The van der Waals surface area contributed by atoms with E-state index in [1.807, 2.05) is 80.6 Å². The average Bonchev–Trinajstić information content (AvgIpc) is 3.00. The van der Waals surface area contributed by atoms with Crippen molar-refractivity contribution in [2.45, 2.75) is 40.2 Å². The van der Waals surface area contributed by atoms with Crippen molar-refractivity contribution >= 4 is 33.0 Å². The molecule has 0 fully saturated rings. The second-order valence-corrected chi connectivity index (χ2v) is 11.3. The van der Waals surface area contributed by atoms with Crippen LogP contribution >= 0.6 is 15.9 Å².